The van der Waals surface area contributed by atoms with Crippen LogP contribution in [0.3, 0.4) is 0 Å². The van der Waals surface area contributed by atoms with Crippen molar-refractivity contribution in [3.63, 3.8) is 0 Å². The van der Waals surface area contributed by atoms with Gasteiger partial charge in [0.05, 0.1) is 0 Å². The van der Waals surface area contributed by atoms with Crippen LogP contribution in [-0.4, -0.2) is 0 Å². The summed E-state index contributed by atoms with van der Waals surface area (Å²) in [6.45, 7) is 18.1. The minimum absolute atomic E-state index is 1.17. The molecule has 0 heterocycles. The van der Waals surface area contributed by atoms with Crippen LogP contribution in [-0.2, 0) is 0 Å². The molecule has 0 aromatic carbocycles. The molecule has 0 heteroatoms. The molecule has 0 spiro atoms. The highest BCUT2D eigenvalue weighted by Gasteiger charge is 1.94. The van der Waals surface area contributed by atoms with E-state index in [2.05, 4.69) is 91.8 Å². The number of hydrogen-bond acceptors (Lipinski definition) is 0. The van der Waals surface area contributed by atoms with Gasteiger partial charge in [-0.05, 0) is 119 Å². The van der Waals surface area contributed by atoms with E-state index in [0.717, 1.165) is 0 Å². The monoisotopic (exact) mass is 438 g/mol. The maximum atomic E-state index is 2.44. The summed E-state index contributed by atoms with van der Waals surface area (Å²) in [6, 6.07) is 0. The maximum Gasteiger partial charge on any atom is -0.0288 e. The van der Waals surface area contributed by atoms with Crippen molar-refractivity contribution in [2.75, 3.05) is 0 Å². The summed E-state index contributed by atoms with van der Waals surface area (Å²) in [5, 5.41) is 0. The van der Waals surface area contributed by atoms with Crippen molar-refractivity contribution in [2.24, 2.45) is 0 Å². The first kappa shape index (κ1) is 30.4. The van der Waals surface area contributed by atoms with Crippen LogP contribution in [0.1, 0.15) is 132 Å². The molecule has 0 atom stereocenters. The van der Waals surface area contributed by atoms with Gasteiger partial charge >= 0.3 is 0 Å². The molecule has 0 saturated carbocycles. The predicted octanol–water partition coefficient (Wildman–Crippen LogP) is 11.4. The zero-order valence-electron chi connectivity index (χ0n) is 22.9. The molecule has 0 nitrogen and oxygen atoms in total. The molecule has 182 valence electrons. The molecule has 32 heavy (non-hydrogen) atoms. The standard InChI is InChI=1S/C32H54/c1-9-27(3)19-13-21-31(7)25-15-23-29(5)17-11-12-18-30(6)24-16-26-32(8)22-14-20-28(4)10-2/h17-20,25-26H,9-16,21-24H2,1-8H3/b27-19+,28-20+,29-17+,30-18+,31-25-,32-26+. The molecule has 0 bridgehead atoms. The lowest BCUT2D eigenvalue weighted by molar-refractivity contribution is 0.893. The van der Waals surface area contributed by atoms with Gasteiger partial charge in [-0.15, -0.1) is 0 Å². The van der Waals surface area contributed by atoms with Crippen molar-refractivity contribution < 1.29 is 0 Å². The molecule has 0 rings (SSSR count). The summed E-state index contributed by atoms with van der Waals surface area (Å²) in [5.74, 6) is 0. The van der Waals surface area contributed by atoms with Crippen LogP contribution in [0.25, 0.3) is 0 Å². The Kier molecular flexibility index (Phi) is 19.1. The highest BCUT2D eigenvalue weighted by molar-refractivity contribution is 5.08. The molecule has 0 amide bonds. The third-order valence-electron chi connectivity index (χ3n) is 6.39. The van der Waals surface area contributed by atoms with Gasteiger partial charge in [0.2, 0.25) is 0 Å². The van der Waals surface area contributed by atoms with Crippen LogP contribution >= 0.6 is 0 Å². The third-order valence-corrected chi connectivity index (χ3v) is 6.39. The van der Waals surface area contributed by atoms with Gasteiger partial charge in [0.25, 0.3) is 0 Å². The van der Waals surface area contributed by atoms with Crippen molar-refractivity contribution in [1.29, 1.82) is 0 Å². The lowest BCUT2D eigenvalue weighted by Crippen LogP contribution is -1.82. The Hall–Kier alpha value is -1.56. The molecule has 0 aliphatic rings. The molecule has 0 unspecified atom stereocenters. The third kappa shape index (κ3) is 19.1. The van der Waals surface area contributed by atoms with Gasteiger partial charge < -0.3 is 0 Å². The highest BCUT2D eigenvalue weighted by atomic mass is 14.0. The average molecular weight is 439 g/mol. The average Bonchev–Trinajstić information content (AvgIpc) is 2.76. The second-order valence-electron chi connectivity index (χ2n) is 9.74. The molecule has 0 saturated heterocycles. The van der Waals surface area contributed by atoms with Gasteiger partial charge in [-0.2, -0.15) is 0 Å². The Morgan fingerprint density at radius 2 is 0.562 bits per heavy atom. The Morgan fingerprint density at radius 3 is 0.812 bits per heavy atom. The van der Waals surface area contributed by atoms with Gasteiger partial charge in [0.15, 0.2) is 0 Å². The second-order valence-corrected chi connectivity index (χ2v) is 9.74. The minimum Gasteiger partial charge on any atom is -0.0853 e. The Balaban J connectivity index is 4.08. The first-order valence-corrected chi connectivity index (χ1v) is 13.2. The summed E-state index contributed by atoms with van der Waals surface area (Å²) in [7, 11) is 0. The fourth-order valence-electron chi connectivity index (χ4n) is 3.54. The Morgan fingerprint density at radius 1 is 0.344 bits per heavy atom. The van der Waals surface area contributed by atoms with Gasteiger partial charge in [0.1, 0.15) is 0 Å². The summed E-state index contributed by atoms with van der Waals surface area (Å²) in [4.78, 5) is 0. The molecule has 0 aliphatic carbocycles. The van der Waals surface area contributed by atoms with Crippen LogP contribution in [0.4, 0.5) is 0 Å². The van der Waals surface area contributed by atoms with Crippen molar-refractivity contribution in [3.8, 4) is 0 Å². The van der Waals surface area contributed by atoms with Crippen LogP contribution in [0, 0.1) is 0 Å². The fraction of sp³-hybridized carbons (Fsp3) is 0.625. The zero-order valence-corrected chi connectivity index (χ0v) is 22.9. The first-order chi connectivity index (χ1) is 15.3. The molecule has 0 aromatic heterocycles. The van der Waals surface area contributed by atoms with Crippen molar-refractivity contribution in [1.82, 2.24) is 0 Å². The first-order valence-electron chi connectivity index (χ1n) is 13.2. The lowest BCUT2D eigenvalue weighted by atomic mass is 10.0. The molecule has 0 aromatic rings. The van der Waals surface area contributed by atoms with E-state index in [1.54, 1.807) is 0 Å². The van der Waals surface area contributed by atoms with E-state index in [9.17, 15) is 0 Å². The van der Waals surface area contributed by atoms with Gasteiger partial charge in [-0.3, -0.25) is 0 Å². The fourth-order valence-corrected chi connectivity index (χ4v) is 3.54. The van der Waals surface area contributed by atoms with Gasteiger partial charge in [-0.25, -0.2) is 0 Å². The summed E-state index contributed by atoms with van der Waals surface area (Å²) in [6.07, 6.45) is 28.8. The van der Waals surface area contributed by atoms with E-state index in [1.807, 2.05) is 0 Å². The topological polar surface area (TPSA) is 0 Å². The summed E-state index contributed by atoms with van der Waals surface area (Å²) < 4.78 is 0. The largest absolute Gasteiger partial charge is 0.0853 e. The smallest absolute Gasteiger partial charge is 0.0288 e. The molecule has 0 aliphatic heterocycles. The van der Waals surface area contributed by atoms with E-state index in [-0.39, 0.29) is 0 Å². The van der Waals surface area contributed by atoms with E-state index < -0.39 is 0 Å². The number of unbranched alkanes of at least 4 members (excludes halogenated alkanes) is 1. The minimum atomic E-state index is 1.17. The highest BCUT2D eigenvalue weighted by Crippen LogP contribution is 2.15. The summed E-state index contributed by atoms with van der Waals surface area (Å²) >= 11 is 0. The van der Waals surface area contributed by atoms with Crippen molar-refractivity contribution in [2.45, 2.75) is 132 Å². The lowest BCUT2D eigenvalue weighted by Gasteiger charge is -2.03. The van der Waals surface area contributed by atoms with Gasteiger partial charge in [-0.1, -0.05) is 83.7 Å². The van der Waals surface area contributed by atoms with E-state index in [1.165, 1.54) is 110 Å². The maximum absolute atomic E-state index is 2.44. The van der Waals surface area contributed by atoms with Crippen LogP contribution < -0.4 is 0 Å². The van der Waals surface area contributed by atoms with Crippen molar-refractivity contribution in [3.05, 3.63) is 69.9 Å². The van der Waals surface area contributed by atoms with Crippen LogP contribution in [0.2, 0.25) is 0 Å². The molecule has 0 radical (unpaired) electrons. The van der Waals surface area contributed by atoms with E-state index in [4.69, 9.17) is 0 Å². The van der Waals surface area contributed by atoms with E-state index >= 15 is 0 Å². The normalized spacial score (nSPS) is 15.0. The summed E-state index contributed by atoms with van der Waals surface area (Å²) in [5.41, 5.74) is 9.16. The number of rotatable bonds is 17. The number of allylic oxidation sites excluding steroid dienone is 12. The SMILES string of the molecule is CC/C(C)=C/CC/C(C)=C\CC/C(C)=C/CC/C=C(\C)CC/C=C(\C)CC/C=C(\C)CC. The Labute approximate surface area is 202 Å². The van der Waals surface area contributed by atoms with Crippen molar-refractivity contribution >= 4 is 0 Å². The second kappa shape index (κ2) is 20.1. The predicted molar refractivity (Wildman–Crippen MR) is 149 cm³/mol. The quantitative estimate of drug-likeness (QED) is 0.156. The van der Waals surface area contributed by atoms with Crippen LogP contribution in [0.15, 0.2) is 69.9 Å². The molecule has 0 N–H and O–H groups in total. The molecule has 0 fully saturated rings. The molecular weight excluding hydrogens is 384 g/mol. The Bertz CT molecular complexity index is 613. The zero-order chi connectivity index (χ0) is 24.2. The van der Waals surface area contributed by atoms with Gasteiger partial charge in [0, 0.05) is 0 Å². The van der Waals surface area contributed by atoms with E-state index in [0.29, 0.717) is 0 Å². The molecular formula is C32H54. The number of hydrogen-bond donors (Lipinski definition) is 0. The van der Waals surface area contributed by atoms with Crippen LogP contribution in [0.5, 0.6) is 0 Å².